The van der Waals surface area contributed by atoms with Gasteiger partial charge in [0.25, 0.3) is 0 Å². The van der Waals surface area contributed by atoms with E-state index in [2.05, 4.69) is 14.3 Å². The standard InChI is InChI=1S/C19H21N3O3S/c1-14-7-8-18-17(9-14)21-19-12-25-11-16(22(18)19)10-20-26(23,24)13-15-5-3-2-4-6-15/h2-9,16,20H,10-13H2,1H3/t16-/m0/s1. The Labute approximate surface area is 152 Å². The lowest BCUT2D eigenvalue weighted by Gasteiger charge is -2.26. The van der Waals surface area contributed by atoms with E-state index in [9.17, 15) is 8.42 Å². The number of aromatic nitrogens is 2. The lowest BCUT2D eigenvalue weighted by Crippen LogP contribution is -2.36. The molecule has 136 valence electrons. The van der Waals surface area contributed by atoms with E-state index in [-0.39, 0.29) is 18.3 Å². The molecule has 1 aliphatic heterocycles. The third-order valence-electron chi connectivity index (χ3n) is 4.56. The number of nitrogens with one attached hydrogen (secondary N) is 1. The summed E-state index contributed by atoms with van der Waals surface area (Å²) in [6, 6.07) is 15.2. The van der Waals surface area contributed by atoms with Gasteiger partial charge in [0.1, 0.15) is 12.4 Å². The number of ether oxygens (including phenoxy) is 1. The van der Waals surface area contributed by atoms with Crippen LogP contribution in [0.1, 0.15) is 23.0 Å². The van der Waals surface area contributed by atoms with Crippen LogP contribution in [-0.2, 0) is 27.1 Å². The Hall–Kier alpha value is -2.22. The zero-order valence-electron chi connectivity index (χ0n) is 14.6. The number of fused-ring (bicyclic) bond motifs is 3. The van der Waals surface area contributed by atoms with Crippen LogP contribution in [0.5, 0.6) is 0 Å². The van der Waals surface area contributed by atoms with Gasteiger partial charge in [0, 0.05) is 6.54 Å². The lowest BCUT2D eigenvalue weighted by atomic mass is 10.2. The van der Waals surface area contributed by atoms with Gasteiger partial charge in [-0.1, -0.05) is 36.4 Å². The fourth-order valence-corrected chi connectivity index (χ4v) is 4.53. The van der Waals surface area contributed by atoms with Gasteiger partial charge in [0.15, 0.2) is 0 Å². The monoisotopic (exact) mass is 371 g/mol. The van der Waals surface area contributed by atoms with E-state index in [0.29, 0.717) is 13.2 Å². The molecule has 0 aliphatic carbocycles. The maximum absolute atomic E-state index is 12.4. The second kappa shape index (κ2) is 6.83. The van der Waals surface area contributed by atoms with Crippen molar-refractivity contribution in [1.82, 2.24) is 14.3 Å². The molecule has 7 heteroatoms. The first-order chi connectivity index (χ1) is 12.5. The summed E-state index contributed by atoms with van der Waals surface area (Å²) in [6.07, 6.45) is 0. The molecule has 1 N–H and O–H groups in total. The molecule has 2 heterocycles. The van der Waals surface area contributed by atoms with Crippen LogP contribution in [0.2, 0.25) is 0 Å². The molecule has 0 saturated carbocycles. The molecule has 2 aromatic carbocycles. The molecule has 0 spiro atoms. The molecule has 0 saturated heterocycles. The van der Waals surface area contributed by atoms with E-state index in [4.69, 9.17) is 4.74 Å². The Morgan fingerprint density at radius 1 is 1.23 bits per heavy atom. The first kappa shape index (κ1) is 17.2. The van der Waals surface area contributed by atoms with Crippen molar-refractivity contribution in [3.8, 4) is 0 Å². The van der Waals surface area contributed by atoms with Gasteiger partial charge < -0.3 is 9.30 Å². The van der Waals surface area contributed by atoms with Crippen LogP contribution < -0.4 is 4.72 Å². The third-order valence-corrected chi connectivity index (χ3v) is 5.88. The number of sulfonamides is 1. The molecular weight excluding hydrogens is 350 g/mol. The van der Waals surface area contributed by atoms with Crippen molar-refractivity contribution in [3.63, 3.8) is 0 Å². The molecule has 1 atom stereocenters. The van der Waals surface area contributed by atoms with Crippen LogP contribution >= 0.6 is 0 Å². The first-order valence-corrected chi connectivity index (χ1v) is 10.2. The van der Waals surface area contributed by atoms with E-state index < -0.39 is 10.0 Å². The highest BCUT2D eigenvalue weighted by Gasteiger charge is 2.25. The van der Waals surface area contributed by atoms with Crippen molar-refractivity contribution < 1.29 is 13.2 Å². The minimum atomic E-state index is -3.42. The Morgan fingerprint density at radius 3 is 2.85 bits per heavy atom. The van der Waals surface area contributed by atoms with Crippen molar-refractivity contribution in [1.29, 1.82) is 0 Å². The number of nitrogens with zero attached hydrogens (tertiary/aromatic N) is 2. The van der Waals surface area contributed by atoms with Crippen LogP contribution in [0.25, 0.3) is 11.0 Å². The molecule has 0 fully saturated rings. The summed E-state index contributed by atoms with van der Waals surface area (Å²) in [5, 5.41) is 0. The van der Waals surface area contributed by atoms with E-state index >= 15 is 0 Å². The van der Waals surface area contributed by atoms with Gasteiger partial charge >= 0.3 is 0 Å². The predicted octanol–water partition coefficient (Wildman–Crippen LogP) is 2.54. The Bertz CT molecular complexity index is 1030. The minimum absolute atomic E-state index is 0.0296. The predicted molar refractivity (Wildman–Crippen MR) is 100 cm³/mol. The Balaban J connectivity index is 1.54. The molecule has 6 nitrogen and oxygen atoms in total. The number of rotatable bonds is 5. The van der Waals surface area contributed by atoms with Crippen molar-refractivity contribution in [2.45, 2.75) is 25.3 Å². The third kappa shape index (κ3) is 3.51. The summed E-state index contributed by atoms with van der Waals surface area (Å²) in [6.45, 7) is 3.21. The molecular formula is C19H21N3O3S. The summed E-state index contributed by atoms with van der Waals surface area (Å²) >= 11 is 0. The molecule has 26 heavy (non-hydrogen) atoms. The summed E-state index contributed by atoms with van der Waals surface area (Å²) in [5.74, 6) is 0.808. The summed E-state index contributed by atoms with van der Waals surface area (Å²) in [7, 11) is -3.42. The Morgan fingerprint density at radius 2 is 2.04 bits per heavy atom. The zero-order chi connectivity index (χ0) is 18.1. The fourth-order valence-electron chi connectivity index (χ4n) is 3.35. The van der Waals surface area contributed by atoms with Gasteiger partial charge in [-0.05, 0) is 30.2 Å². The molecule has 0 amide bonds. The van der Waals surface area contributed by atoms with Crippen molar-refractivity contribution in [3.05, 3.63) is 65.5 Å². The number of aryl methyl sites for hydroxylation is 1. The molecule has 0 radical (unpaired) electrons. The highest BCUT2D eigenvalue weighted by atomic mass is 32.2. The second-order valence-corrected chi connectivity index (χ2v) is 8.46. The van der Waals surface area contributed by atoms with Crippen LogP contribution in [0.4, 0.5) is 0 Å². The topological polar surface area (TPSA) is 73.2 Å². The smallest absolute Gasteiger partial charge is 0.215 e. The molecule has 1 aromatic heterocycles. The van der Waals surface area contributed by atoms with Crippen LogP contribution in [0, 0.1) is 6.92 Å². The van der Waals surface area contributed by atoms with Gasteiger partial charge in [-0.3, -0.25) is 0 Å². The van der Waals surface area contributed by atoms with Crippen LogP contribution in [-0.4, -0.2) is 31.1 Å². The summed E-state index contributed by atoms with van der Waals surface area (Å²) in [5.41, 5.74) is 3.85. The molecule has 4 rings (SSSR count). The van der Waals surface area contributed by atoms with Gasteiger partial charge in [-0.2, -0.15) is 0 Å². The number of hydrogen-bond donors (Lipinski definition) is 1. The van der Waals surface area contributed by atoms with Gasteiger partial charge in [-0.15, -0.1) is 0 Å². The Kier molecular flexibility index (Phi) is 4.52. The first-order valence-electron chi connectivity index (χ1n) is 8.58. The highest BCUT2D eigenvalue weighted by molar-refractivity contribution is 7.88. The lowest BCUT2D eigenvalue weighted by molar-refractivity contribution is 0.0581. The van der Waals surface area contributed by atoms with Crippen molar-refractivity contribution in [2.24, 2.45) is 0 Å². The molecule has 1 aliphatic rings. The zero-order valence-corrected chi connectivity index (χ0v) is 15.4. The minimum Gasteiger partial charge on any atom is -0.371 e. The van der Waals surface area contributed by atoms with Crippen molar-refractivity contribution >= 4 is 21.1 Å². The molecule has 3 aromatic rings. The number of imidazole rings is 1. The van der Waals surface area contributed by atoms with Crippen LogP contribution in [0.3, 0.4) is 0 Å². The SMILES string of the molecule is Cc1ccc2c(c1)nc1n2[C@@H](CNS(=O)(=O)Cc2ccccc2)COC1. The normalized spacial score (nSPS) is 17.3. The quantitative estimate of drug-likeness (QED) is 0.748. The van der Waals surface area contributed by atoms with Gasteiger partial charge in [0.05, 0.1) is 29.4 Å². The van der Waals surface area contributed by atoms with E-state index in [0.717, 1.165) is 28.0 Å². The molecule has 0 unspecified atom stereocenters. The maximum atomic E-state index is 12.4. The second-order valence-electron chi connectivity index (χ2n) is 6.65. The van der Waals surface area contributed by atoms with Crippen LogP contribution in [0.15, 0.2) is 48.5 Å². The van der Waals surface area contributed by atoms with Crippen molar-refractivity contribution in [2.75, 3.05) is 13.2 Å². The summed E-state index contributed by atoms with van der Waals surface area (Å²) < 4.78 is 35.3. The van der Waals surface area contributed by atoms with E-state index in [1.165, 1.54) is 0 Å². The fraction of sp³-hybridized carbons (Fsp3) is 0.316. The van der Waals surface area contributed by atoms with Gasteiger partial charge in [0.2, 0.25) is 10.0 Å². The largest absolute Gasteiger partial charge is 0.371 e. The average Bonchev–Trinajstić information content (AvgIpc) is 2.98. The van der Waals surface area contributed by atoms with E-state index in [1.54, 1.807) is 0 Å². The van der Waals surface area contributed by atoms with E-state index in [1.807, 2.05) is 55.5 Å². The maximum Gasteiger partial charge on any atom is 0.215 e. The highest BCUT2D eigenvalue weighted by Crippen LogP contribution is 2.26. The average molecular weight is 371 g/mol. The van der Waals surface area contributed by atoms with Gasteiger partial charge in [-0.25, -0.2) is 18.1 Å². The number of hydrogen-bond acceptors (Lipinski definition) is 4. The molecule has 0 bridgehead atoms. The number of benzene rings is 2. The summed E-state index contributed by atoms with van der Waals surface area (Å²) in [4.78, 5) is 4.64.